The Balaban J connectivity index is 3.56. The average Bonchev–Trinajstić information content (AvgIpc) is 3.27. The van der Waals surface area contributed by atoms with Crippen LogP contribution in [0, 0.1) is 0 Å². The third-order valence-corrected chi connectivity index (χ3v) is 12.0. The second-order valence-electron chi connectivity index (χ2n) is 18.2. The molecule has 362 valence electrons. The molecule has 6 nitrogen and oxygen atoms in total. The van der Waals surface area contributed by atoms with Crippen molar-refractivity contribution in [3.05, 3.63) is 48.6 Å². The lowest BCUT2D eigenvalue weighted by Crippen LogP contribution is -2.45. The van der Waals surface area contributed by atoms with Gasteiger partial charge in [-0.05, 0) is 83.5 Å². The molecule has 0 aliphatic heterocycles. The van der Waals surface area contributed by atoms with E-state index in [1.807, 2.05) is 6.08 Å². The second-order valence-corrected chi connectivity index (χ2v) is 18.2. The fourth-order valence-electron chi connectivity index (χ4n) is 7.90. The molecule has 0 radical (unpaired) electrons. The Morgan fingerprint density at radius 2 is 0.839 bits per heavy atom. The molecular formula is C56H103NO5. The molecule has 0 aliphatic carbocycles. The van der Waals surface area contributed by atoms with Crippen LogP contribution < -0.4 is 5.32 Å². The van der Waals surface area contributed by atoms with Gasteiger partial charge in [0.15, 0.2) is 0 Å². The lowest BCUT2D eigenvalue weighted by molar-refractivity contribution is -0.143. The van der Waals surface area contributed by atoms with E-state index in [1.165, 1.54) is 161 Å². The number of hydrogen-bond acceptors (Lipinski definition) is 5. The van der Waals surface area contributed by atoms with E-state index < -0.39 is 12.1 Å². The van der Waals surface area contributed by atoms with Gasteiger partial charge < -0.3 is 20.3 Å². The van der Waals surface area contributed by atoms with Crippen LogP contribution in [0.4, 0.5) is 0 Å². The summed E-state index contributed by atoms with van der Waals surface area (Å²) in [6, 6.07) is -0.650. The standard InChI is InChI=1S/C56H103NO5/c1-3-5-7-9-11-13-15-17-18-19-20-21-22-25-28-32-36-40-44-48-54(59)53(52-58)57-55(60)49-45-41-37-33-29-26-23-27-31-35-39-43-47-51-62-56(61)50-46-42-38-34-30-24-16-14-12-10-8-6-4-2/h8,10,14,16,26,29,44,48,53-54,58-59H,3-7,9,11-13,15,17-25,27-28,30-43,45-47,49-52H2,1-2H3,(H,57,60)/b10-8-,16-14-,29-26-,48-44+. The molecule has 0 spiro atoms. The van der Waals surface area contributed by atoms with Crippen LogP contribution in [0.2, 0.25) is 0 Å². The largest absolute Gasteiger partial charge is 0.466 e. The number of amides is 1. The minimum atomic E-state index is -0.863. The Morgan fingerprint density at radius 1 is 0.452 bits per heavy atom. The molecule has 2 unspecified atom stereocenters. The first-order valence-corrected chi connectivity index (χ1v) is 26.9. The number of nitrogens with one attached hydrogen (secondary N) is 1. The summed E-state index contributed by atoms with van der Waals surface area (Å²) in [5.74, 6) is -0.128. The van der Waals surface area contributed by atoms with Crippen molar-refractivity contribution in [2.24, 2.45) is 0 Å². The number of unbranched alkanes of at least 4 members (excludes halogenated alkanes) is 32. The van der Waals surface area contributed by atoms with Crippen LogP contribution in [0.5, 0.6) is 0 Å². The molecule has 2 atom stereocenters. The van der Waals surface area contributed by atoms with E-state index in [0.29, 0.717) is 19.4 Å². The van der Waals surface area contributed by atoms with Crippen LogP contribution in [0.1, 0.15) is 271 Å². The topological polar surface area (TPSA) is 95.9 Å². The number of rotatable bonds is 49. The molecule has 0 aromatic carbocycles. The summed E-state index contributed by atoms with van der Waals surface area (Å²) >= 11 is 0. The molecule has 62 heavy (non-hydrogen) atoms. The highest BCUT2D eigenvalue weighted by atomic mass is 16.5. The number of aliphatic hydroxyl groups excluding tert-OH is 2. The first kappa shape index (κ1) is 59.8. The summed E-state index contributed by atoms with van der Waals surface area (Å²) in [7, 11) is 0. The van der Waals surface area contributed by atoms with Gasteiger partial charge in [0.2, 0.25) is 5.91 Å². The Kier molecular flexibility index (Phi) is 49.6. The van der Waals surface area contributed by atoms with Crippen molar-refractivity contribution in [2.45, 2.75) is 283 Å². The maximum Gasteiger partial charge on any atom is 0.305 e. The molecule has 0 saturated carbocycles. The summed E-state index contributed by atoms with van der Waals surface area (Å²) < 4.78 is 5.44. The molecule has 0 heterocycles. The van der Waals surface area contributed by atoms with Crippen molar-refractivity contribution in [1.29, 1.82) is 0 Å². The summed E-state index contributed by atoms with van der Waals surface area (Å²) in [4.78, 5) is 24.4. The smallest absolute Gasteiger partial charge is 0.305 e. The van der Waals surface area contributed by atoms with Gasteiger partial charge in [0.05, 0.1) is 25.4 Å². The van der Waals surface area contributed by atoms with Crippen molar-refractivity contribution >= 4 is 11.9 Å². The lowest BCUT2D eigenvalue weighted by atomic mass is 10.0. The van der Waals surface area contributed by atoms with Crippen LogP contribution >= 0.6 is 0 Å². The highest BCUT2D eigenvalue weighted by Crippen LogP contribution is 2.15. The molecule has 1 amide bonds. The minimum Gasteiger partial charge on any atom is -0.466 e. The zero-order chi connectivity index (χ0) is 45.1. The molecule has 0 saturated heterocycles. The van der Waals surface area contributed by atoms with Gasteiger partial charge in [0.1, 0.15) is 0 Å². The van der Waals surface area contributed by atoms with Crippen LogP contribution in [0.3, 0.4) is 0 Å². The van der Waals surface area contributed by atoms with E-state index in [9.17, 15) is 19.8 Å². The zero-order valence-corrected chi connectivity index (χ0v) is 41.1. The molecule has 0 bridgehead atoms. The average molecular weight is 870 g/mol. The van der Waals surface area contributed by atoms with Crippen LogP contribution in [-0.4, -0.2) is 47.4 Å². The summed E-state index contributed by atoms with van der Waals surface area (Å²) in [5, 5.41) is 23.1. The van der Waals surface area contributed by atoms with Crippen LogP contribution in [0.15, 0.2) is 48.6 Å². The van der Waals surface area contributed by atoms with E-state index >= 15 is 0 Å². The number of hydrogen-bond donors (Lipinski definition) is 3. The van der Waals surface area contributed by atoms with E-state index in [0.717, 1.165) is 83.5 Å². The number of ether oxygens (including phenoxy) is 1. The summed E-state index contributed by atoms with van der Waals surface area (Å²) in [5.41, 5.74) is 0. The Labute approximate surface area is 385 Å². The molecule has 0 fully saturated rings. The van der Waals surface area contributed by atoms with Crippen LogP contribution in [0.25, 0.3) is 0 Å². The first-order chi connectivity index (χ1) is 30.5. The van der Waals surface area contributed by atoms with Crippen molar-refractivity contribution < 1.29 is 24.5 Å². The Hall–Kier alpha value is -2.18. The molecule has 6 heteroatoms. The monoisotopic (exact) mass is 870 g/mol. The lowest BCUT2D eigenvalue weighted by Gasteiger charge is -2.19. The van der Waals surface area contributed by atoms with Gasteiger partial charge in [0, 0.05) is 12.8 Å². The highest BCUT2D eigenvalue weighted by Gasteiger charge is 2.18. The maximum atomic E-state index is 12.4. The summed E-state index contributed by atoms with van der Waals surface area (Å²) in [6.07, 6.45) is 64.0. The van der Waals surface area contributed by atoms with Crippen molar-refractivity contribution in [2.75, 3.05) is 13.2 Å². The number of allylic oxidation sites excluding steroid dienone is 7. The predicted molar refractivity (Wildman–Crippen MR) is 269 cm³/mol. The first-order valence-electron chi connectivity index (χ1n) is 26.9. The van der Waals surface area contributed by atoms with E-state index in [-0.39, 0.29) is 18.5 Å². The van der Waals surface area contributed by atoms with Gasteiger partial charge in [0.25, 0.3) is 0 Å². The molecule has 3 N–H and O–H groups in total. The number of aliphatic hydroxyl groups is 2. The molecule has 0 rings (SSSR count). The van der Waals surface area contributed by atoms with Gasteiger partial charge in [-0.25, -0.2) is 0 Å². The third kappa shape index (κ3) is 47.3. The molecule has 0 aromatic rings. The van der Waals surface area contributed by atoms with Gasteiger partial charge in [-0.15, -0.1) is 0 Å². The highest BCUT2D eigenvalue weighted by molar-refractivity contribution is 5.76. The minimum absolute atomic E-state index is 0.0299. The zero-order valence-electron chi connectivity index (χ0n) is 41.1. The third-order valence-electron chi connectivity index (χ3n) is 12.0. The quantitative estimate of drug-likeness (QED) is 0.0322. The fourth-order valence-corrected chi connectivity index (χ4v) is 7.90. The van der Waals surface area contributed by atoms with Crippen molar-refractivity contribution in [1.82, 2.24) is 5.32 Å². The molecule has 0 aromatic heterocycles. The molecule has 0 aliphatic rings. The Morgan fingerprint density at radius 3 is 1.32 bits per heavy atom. The van der Waals surface area contributed by atoms with Gasteiger partial charge in [-0.1, -0.05) is 223 Å². The van der Waals surface area contributed by atoms with E-state index in [1.54, 1.807) is 6.08 Å². The number of esters is 1. The molecular weight excluding hydrogens is 767 g/mol. The second kappa shape index (κ2) is 51.5. The maximum absolute atomic E-state index is 12.4. The Bertz CT molecular complexity index is 1050. The van der Waals surface area contributed by atoms with E-state index in [2.05, 4.69) is 55.6 Å². The predicted octanol–water partition coefficient (Wildman–Crippen LogP) is 16.2. The normalized spacial score (nSPS) is 13.0. The van der Waals surface area contributed by atoms with E-state index in [4.69, 9.17) is 4.74 Å². The van der Waals surface area contributed by atoms with Crippen LogP contribution in [-0.2, 0) is 14.3 Å². The van der Waals surface area contributed by atoms with Gasteiger partial charge in [-0.3, -0.25) is 9.59 Å². The number of carbonyl (C=O) groups excluding carboxylic acids is 2. The van der Waals surface area contributed by atoms with Gasteiger partial charge in [-0.2, -0.15) is 0 Å². The summed E-state index contributed by atoms with van der Waals surface area (Å²) in [6.45, 7) is 4.79. The van der Waals surface area contributed by atoms with Crippen molar-refractivity contribution in [3.8, 4) is 0 Å². The number of carbonyl (C=O) groups is 2. The van der Waals surface area contributed by atoms with Gasteiger partial charge >= 0.3 is 5.97 Å². The SMILES string of the molecule is CCC/C=C\C/C=C\CCCCCCCC(=O)OCCCCCCCC/C=C\CCCCCC(=O)NC(CO)C(O)/C=C/CCCCCCCCCCCCCCCCCCC. The fraction of sp³-hybridized carbons (Fsp3) is 0.821. The van der Waals surface area contributed by atoms with Crippen molar-refractivity contribution in [3.63, 3.8) is 0 Å².